The number of nitrogens with zero attached hydrogens (tertiary/aromatic N) is 3. The van der Waals surface area contributed by atoms with Crippen LogP contribution in [-0.4, -0.2) is 38.7 Å². The van der Waals surface area contributed by atoms with E-state index in [0.29, 0.717) is 5.69 Å². The summed E-state index contributed by atoms with van der Waals surface area (Å²) in [5.74, 6) is -1.64. The number of carbonyl (C=O) groups excluding carboxylic acids is 1. The first kappa shape index (κ1) is 12.7. The minimum absolute atomic E-state index is 0.00169. The van der Waals surface area contributed by atoms with Gasteiger partial charge in [0.25, 0.3) is 5.91 Å². The lowest BCUT2D eigenvalue weighted by Crippen LogP contribution is -2.36. The lowest BCUT2D eigenvalue weighted by Gasteiger charge is -2.19. The number of aromatic amines is 1. The highest BCUT2D eigenvalue weighted by Gasteiger charge is 2.22. The van der Waals surface area contributed by atoms with E-state index in [2.05, 4.69) is 15.2 Å². The number of aliphatic carboxylic acids is 1. The van der Waals surface area contributed by atoms with E-state index in [1.54, 1.807) is 24.3 Å². The van der Waals surface area contributed by atoms with Crippen molar-refractivity contribution in [2.24, 2.45) is 0 Å². The Kier molecular flexibility index (Phi) is 3.56. The van der Waals surface area contributed by atoms with Gasteiger partial charge in [-0.25, -0.2) is 4.98 Å². The van der Waals surface area contributed by atoms with Crippen molar-refractivity contribution >= 4 is 17.6 Å². The molecule has 1 aromatic carbocycles. The van der Waals surface area contributed by atoms with Crippen molar-refractivity contribution in [3.8, 4) is 0 Å². The fourth-order valence-electron chi connectivity index (χ4n) is 1.58. The van der Waals surface area contributed by atoms with Crippen LogP contribution in [0, 0.1) is 6.92 Å². The molecule has 0 fully saturated rings. The van der Waals surface area contributed by atoms with Crippen LogP contribution in [0.2, 0.25) is 0 Å². The van der Waals surface area contributed by atoms with E-state index in [0.717, 1.165) is 10.5 Å². The number of anilines is 1. The van der Waals surface area contributed by atoms with Gasteiger partial charge in [-0.15, -0.1) is 0 Å². The second-order valence-electron chi connectivity index (χ2n) is 3.95. The van der Waals surface area contributed by atoms with Crippen molar-refractivity contribution in [2.75, 3.05) is 11.4 Å². The average Bonchev–Trinajstić information content (AvgIpc) is 2.90. The Morgan fingerprint density at radius 1 is 1.32 bits per heavy atom. The van der Waals surface area contributed by atoms with E-state index in [1.165, 1.54) is 6.33 Å². The largest absolute Gasteiger partial charge is 0.480 e. The molecular weight excluding hydrogens is 248 g/mol. The van der Waals surface area contributed by atoms with Crippen LogP contribution in [0.1, 0.15) is 16.2 Å². The molecule has 19 heavy (non-hydrogen) atoms. The van der Waals surface area contributed by atoms with Gasteiger partial charge >= 0.3 is 5.97 Å². The molecule has 0 radical (unpaired) electrons. The maximum atomic E-state index is 12.2. The Morgan fingerprint density at radius 2 is 2.00 bits per heavy atom. The topological polar surface area (TPSA) is 99.2 Å². The molecule has 0 unspecified atom stereocenters. The van der Waals surface area contributed by atoms with Crippen LogP contribution in [-0.2, 0) is 4.79 Å². The van der Waals surface area contributed by atoms with Gasteiger partial charge in [0.05, 0.1) is 0 Å². The summed E-state index contributed by atoms with van der Waals surface area (Å²) in [6.07, 6.45) is 1.20. The SMILES string of the molecule is Cc1ccc(N(CC(=O)O)C(=O)c2ncn[nH]2)cc1. The molecular formula is C12H12N4O3. The quantitative estimate of drug-likeness (QED) is 0.848. The number of H-pyrrole nitrogens is 1. The van der Waals surface area contributed by atoms with Gasteiger partial charge in [0.2, 0.25) is 5.82 Å². The average molecular weight is 260 g/mol. The van der Waals surface area contributed by atoms with Gasteiger partial charge in [-0.05, 0) is 19.1 Å². The highest BCUT2D eigenvalue weighted by molar-refractivity contribution is 6.05. The van der Waals surface area contributed by atoms with Crippen molar-refractivity contribution in [3.05, 3.63) is 42.0 Å². The van der Waals surface area contributed by atoms with E-state index >= 15 is 0 Å². The minimum Gasteiger partial charge on any atom is -0.480 e. The van der Waals surface area contributed by atoms with Crippen molar-refractivity contribution in [2.45, 2.75) is 6.92 Å². The Labute approximate surface area is 108 Å². The van der Waals surface area contributed by atoms with Gasteiger partial charge in [-0.1, -0.05) is 17.7 Å². The zero-order chi connectivity index (χ0) is 13.8. The molecule has 2 rings (SSSR count). The minimum atomic E-state index is -1.10. The standard InChI is InChI=1S/C12H12N4O3/c1-8-2-4-9(5-3-8)16(6-10(17)18)12(19)11-13-7-14-15-11/h2-5,7H,6H2,1H3,(H,17,18)(H,13,14,15). The van der Waals surface area contributed by atoms with Gasteiger partial charge in [0.15, 0.2) is 0 Å². The maximum Gasteiger partial charge on any atom is 0.323 e. The molecule has 1 aromatic heterocycles. The summed E-state index contributed by atoms with van der Waals surface area (Å²) in [4.78, 5) is 27.9. The molecule has 0 aliphatic rings. The van der Waals surface area contributed by atoms with Crippen LogP contribution >= 0.6 is 0 Å². The molecule has 1 heterocycles. The first-order valence-electron chi connectivity index (χ1n) is 5.53. The number of aromatic nitrogens is 3. The molecule has 7 nitrogen and oxygen atoms in total. The summed E-state index contributed by atoms with van der Waals surface area (Å²) in [7, 11) is 0. The second-order valence-corrected chi connectivity index (χ2v) is 3.95. The molecule has 0 aliphatic carbocycles. The van der Waals surface area contributed by atoms with E-state index < -0.39 is 18.4 Å². The van der Waals surface area contributed by atoms with Gasteiger partial charge < -0.3 is 5.11 Å². The smallest absolute Gasteiger partial charge is 0.323 e. The molecule has 7 heteroatoms. The van der Waals surface area contributed by atoms with Crippen molar-refractivity contribution in [3.63, 3.8) is 0 Å². The monoisotopic (exact) mass is 260 g/mol. The molecule has 0 saturated carbocycles. The van der Waals surface area contributed by atoms with Crippen LogP contribution in [0.4, 0.5) is 5.69 Å². The van der Waals surface area contributed by atoms with Crippen molar-refractivity contribution in [1.82, 2.24) is 15.2 Å². The number of rotatable bonds is 4. The molecule has 98 valence electrons. The summed E-state index contributed by atoms with van der Waals surface area (Å²) in [5.41, 5.74) is 1.51. The van der Waals surface area contributed by atoms with E-state index in [-0.39, 0.29) is 5.82 Å². The van der Waals surface area contributed by atoms with Gasteiger partial charge in [0.1, 0.15) is 12.9 Å². The van der Waals surface area contributed by atoms with Crippen LogP contribution in [0.3, 0.4) is 0 Å². The van der Waals surface area contributed by atoms with Gasteiger partial charge in [0, 0.05) is 5.69 Å². The Balaban J connectivity index is 2.33. The number of benzene rings is 1. The van der Waals surface area contributed by atoms with E-state index in [9.17, 15) is 9.59 Å². The molecule has 0 atom stereocenters. The lowest BCUT2D eigenvalue weighted by molar-refractivity contribution is -0.135. The molecule has 2 N–H and O–H groups in total. The molecule has 2 aromatic rings. The van der Waals surface area contributed by atoms with Gasteiger partial charge in [-0.2, -0.15) is 5.10 Å². The Morgan fingerprint density at radius 3 is 2.53 bits per heavy atom. The first-order chi connectivity index (χ1) is 9.08. The predicted octanol–water partition coefficient (Wildman–Crippen LogP) is 0.845. The number of carboxylic acid groups (broad SMARTS) is 1. The number of hydrogen-bond acceptors (Lipinski definition) is 4. The number of carbonyl (C=O) groups is 2. The zero-order valence-electron chi connectivity index (χ0n) is 10.2. The Bertz CT molecular complexity index is 578. The molecule has 0 aliphatic heterocycles. The molecule has 0 saturated heterocycles. The number of aryl methyl sites for hydroxylation is 1. The third-order valence-electron chi connectivity index (χ3n) is 2.50. The molecule has 1 amide bonds. The molecule has 0 spiro atoms. The first-order valence-corrected chi connectivity index (χ1v) is 5.53. The van der Waals surface area contributed by atoms with Crippen LogP contribution in [0.25, 0.3) is 0 Å². The molecule has 0 bridgehead atoms. The zero-order valence-corrected chi connectivity index (χ0v) is 10.2. The maximum absolute atomic E-state index is 12.2. The fourth-order valence-corrected chi connectivity index (χ4v) is 1.58. The number of hydrogen-bond donors (Lipinski definition) is 2. The summed E-state index contributed by atoms with van der Waals surface area (Å²) >= 11 is 0. The Hall–Kier alpha value is -2.70. The third-order valence-corrected chi connectivity index (χ3v) is 2.50. The lowest BCUT2D eigenvalue weighted by atomic mass is 10.2. The van der Waals surface area contributed by atoms with Crippen LogP contribution in [0.5, 0.6) is 0 Å². The second kappa shape index (κ2) is 5.30. The third kappa shape index (κ3) is 2.95. The van der Waals surface area contributed by atoms with E-state index in [4.69, 9.17) is 5.11 Å². The van der Waals surface area contributed by atoms with Gasteiger partial charge in [-0.3, -0.25) is 19.6 Å². The van der Waals surface area contributed by atoms with Crippen molar-refractivity contribution in [1.29, 1.82) is 0 Å². The normalized spacial score (nSPS) is 10.2. The predicted molar refractivity (Wildman–Crippen MR) is 66.9 cm³/mol. The fraction of sp³-hybridized carbons (Fsp3) is 0.167. The summed E-state index contributed by atoms with van der Waals surface area (Å²) in [5, 5.41) is 14.9. The number of nitrogens with one attached hydrogen (secondary N) is 1. The number of carboxylic acids is 1. The summed E-state index contributed by atoms with van der Waals surface area (Å²) in [6, 6.07) is 6.98. The van der Waals surface area contributed by atoms with Crippen molar-refractivity contribution < 1.29 is 14.7 Å². The van der Waals surface area contributed by atoms with Crippen LogP contribution < -0.4 is 4.90 Å². The van der Waals surface area contributed by atoms with Crippen LogP contribution in [0.15, 0.2) is 30.6 Å². The highest BCUT2D eigenvalue weighted by atomic mass is 16.4. The number of amides is 1. The summed E-state index contributed by atoms with van der Waals surface area (Å²) < 4.78 is 0. The van der Waals surface area contributed by atoms with E-state index in [1.807, 2.05) is 6.92 Å². The highest BCUT2D eigenvalue weighted by Crippen LogP contribution is 2.16. The summed E-state index contributed by atoms with van der Waals surface area (Å²) in [6.45, 7) is 1.46.